The van der Waals surface area contributed by atoms with E-state index in [9.17, 15) is 0 Å². The van der Waals surface area contributed by atoms with E-state index in [1.165, 1.54) is 57.8 Å². The van der Waals surface area contributed by atoms with Crippen LogP contribution in [0.1, 0.15) is 183 Å². The first-order valence-corrected chi connectivity index (χ1v) is 32.5. The molecular formula is C75H96N6O4. The lowest BCUT2D eigenvalue weighted by Crippen LogP contribution is -2.25. The van der Waals surface area contributed by atoms with Crippen molar-refractivity contribution in [1.82, 2.24) is 29.7 Å². The van der Waals surface area contributed by atoms with Crippen LogP contribution in [0.15, 0.2) is 146 Å². The third-order valence-corrected chi connectivity index (χ3v) is 16.8. The standard InChI is InChI=1S/C75H96N6O4/c1-7-13-15-16-17-18-19-20-21-23-53-83-61-36-28-57(29-37-61)73-66-43-42-64(76-66)72(56-26-34-60(35-27-56)82-52-22-14-8-2)65-44-46-68(77-65)74(58-30-38-62(39-31-58)84-54-24-50-80(9-3)10-4)70-48-49-71(79-70)75(69-47-45-67(73)78-69)59-32-40-63(41-33-59)85-55-25-51-81(11-5)12-6/h26-49,76-79H,7-25,50-55H2,1-6H3. The Morgan fingerprint density at radius 3 is 0.788 bits per heavy atom. The maximum absolute atomic E-state index is 6.39. The highest BCUT2D eigenvalue weighted by atomic mass is 16.5. The quantitative estimate of drug-likeness (QED) is 0.0295. The lowest BCUT2D eigenvalue weighted by molar-refractivity contribution is 0.249. The minimum atomic E-state index is 0.667. The third-order valence-electron chi connectivity index (χ3n) is 16.8. The first-order valence-electron chi connectivity index (χ1n) is 32.5. The Morgan fingerprint density at radius 1 is 0.259 bits per heavy atom. The van der Waals surface area contributed by atoms with E-state index in [0.29, 0.717) is 19.8 Å². The zero-order chi connectivity index (χ0) is 59.0. The second-order valence-corrected chi connectivity index (χ2v) is 22.8. The molecule has 0 saturated carbocycles. The van der Waals surface area contributed by atoms with Crippen molar-refractivity contribution >= 4 is 22.3 Å². The Bertz CT molecular complexity index is 3500. The number of hydrogen-bond donors (Lipinski definition) is 4. The van der Waals surface area contributed by atoms with Crippen molar-refractivity contribution in [3.63, 3.8) is 0 Å². The van der Waals surface area contributed by atoms with E-state index in [1.54, 1.807) is 0 Å². The maximum Gasteiger partial charge on any atom is 0.119 e. The minimum Gasteiger partial charge on any atom is -0.494 e. The van der Waals surface area contributed by atoms with Crippen LogP contribution in [-0.2, 0) is 0 Å². The molecule has 0 spiro atoms. The highest BCUT2D eigenvalue weighted by molar-refractivity contribution is 5.85. The van der Waals surface area contributed by atoms with E-state index in [0.717, 1.165) is 196 Å². The number of H-pyrrole nitrogens is 4. The van der Waals surface area contributed by atoms with Crippen LogP contribution < -0.4 is 40.3 Å². The van der Waals surface area contributed by atoms with Crippen LogP contribution >= 0.6 is 0 Å². The number of rotatable bonds is 35. The topological polar surface area (TPSA) is 107 Å². The van der Waals surface area contributed by atoms with Crippen LogP contribution in [0.5, 0.6) is 23.0 Å². The van der Waals surface area contributed by atoms with Crippen LogP contribution in [0.4, 0.5) is 0 Å². The van der Waals surface area contributed by atoms with E-state index >= 15 is 0 Å². The molecule has 1 aliphatic heterocycles. The number of ether oxygens (including phenoxy) is 4. The van der Waals surface area contributed by atoms with E-state index in [1.807, 2.05) is 0 Å². The third kappa shape index (κ3) is 17.2. The summed E-state index contributed by atoms with van der Waals surface area (Å²) in [4.78, 5) is 20.8. The van der Waals surface area contributed by atoms with Gasteiger partial charge in [0.2, 0.25) is 0 Å². The van der Waals surface area contributed by atoms with Crippen molar-refractivity contribution in [2.45, 2.75) is 138 Å². The number of nitrogens with one attached hydrogen (secondary N) is 4. The van der Waals surface area contributed by atoms with Gasteiger partial charge >= 0.3 is 0 Å². The van der Waals surface area contributed by atoms with Crippen molar-refractivity contribution in [2.75, 3.05) is 65.7 Å². The van der Waals surface area contributed by atoms with Gasteiger partial charge in [-0.15, -0.1) is 0 Å². The summed E-state index contributed by atoms with van der Waals surface area (Å²) in [5.41, 5.74) is 12.4. The summed E-state index contributed by atoms with van der Waals surface area (Å²) < 4.78 is 25.3. The van der Waals surface area contributed by atoms with Crippen molar-refractivity contribution in [3.8, 4) is 23.0 Å². The van der Waals surface area contributed by atoms with Crippen LogP contribution in [0.25, 0.3) is 22.3 Å². The van der Waals surface area contributed by atoms with Gasteiger partial charge in [0.1, 0.15) is 23.0 Å². The molecule has 0 amide bonds. The van der Waals surface area contributed by atoms with Gasteiger partial charge in [-0.25, -0.2) is 0 Å². The summed E-state index contributed by atoms with van der Waals surface area (Å²) in [5.74, 6) is 3.49. The first kappa shape index (κ1) is 62.1. The molecule has 4 aromatic heterocycles. The zero-order valence-corrected chi connectivity index (χ0v) is 52.1. The number of nitrogens with zero attached hydrogens (tertiary/aromatic N) is 2. The summed E-state index contributed by atoms with van der Waals surface area (Å²) in [7, 11) is 0. The normalized spacial score (nSPS) is 12.5. The van der Waals surface area contributed by atoms with Crippen LogP contribution in [-0.4, -0.2) is 95.4 Å². The van der Waals surface area contributed by atoms with Gasteiger partial charge < -0.3 is 48.7 Å². The minimum absolute atomic E-state index is 0.667. The fourth-order valence-corrected chi connectivity index (χ4v) is 11.8. The highest BCUT2D eigenvalue weighted by Gasteiger charge is 2.20. The highest BCUT2D eigenvalue weighted by Crippen LogP contribution is 2.31. The predicted octanol–water partition coefficient (Wildman–Crippen LogP) is 14.4. The Morgan fingerprint density at radius 2 is 0.506 bits per heavy atom. The number of fused-ring (bicyclic) bond motifs is 8. The average molecular weight is 1150 g/mol. The molecule has 0 aliphatic carbocycles. The second-order valence-electron chi connectivity index (χ2n) is 22.8. The number of aromatic nitrogens is 4. The molecule has 0 radical (unpaired) electrons. The average Bonchev–Trinajstić information content (AvgIpc) is 2.29. The Hall–Kier alpha value is -7.40. The number of hydrogen-bond acceptors (Lipinski definition) is 6. The van der Waals surface area contributed by atoms with Crippen molar-refractivity contribution in [1.29, 1.82) is 0 Å². The molecule has 0 unspecified atom stereocenters. The lowest BCUT2D eigenvalue weighted by Gasteiger charge is -2.17. The molecule has 0 atom stereocenters. The number of unbranched alkanes of at least 4 members (excludes halogenated alkanes) is 11. The molecule has 10 nitrogen and oxygen atoms in total. The molecule has 0 saturated heterocycles. The largest absolute Gasteiger partial charge is 0.494 e. The van der Waals surface area contributed by atoms with Crippen molar-refractivity contribution in [3.05, 3.63) is 212 Å². The molecule has 4 N–H and O–H groups in total. The van der Waals surface area contributed by atoms with E-state index in [2.05, 4.69) is 217 Å². The summed E-state index contributed by atoms with van der Waals surface area (Å²) in [5, 5.41) is 3.94. The van der Waals surface area contributed by atoms with Gasteiger partial charge in [0.05, 0.1) is 26.4 Å². The lowest BCUT2D eigenvalue weighted by atomic mass is 10.0. The molecule has 10 heteroatoms. The first-order chi connectivity index (χ1) is 41.9. The zero-order valence-electron chi connectivity index (χ0n) is 52.1. The molecule has 0 fully saturated rings. The summed E-state index contributed by atoms with van der Waals surface area (Å²) in [6, 6.07) is 52.2. The van der Waals surface area contributed by atoms with Crippen molar-refractivity contribution < 1.29 is 18.9 Å². The molecule has 85 heavy (non-hydrogen) atoms. The molecule has 8 bridgehead atoms. The summed E-state index contributed by atoms with van der Waals surface area (Å²) >= 11 is 0. The smallest absolute Gasteiger partial charge is 0.119 e. The SMILES string of the molecule is CCCCCCCCCCCCOc1ccc(C2=c3ccc([nH]3)=C(c3ccc(OCCCCC)cc3)c3ccc([nH]3)C(c3ccc(OCCCN(CC)CC)cc3)=c3ccc([nH]3)=C(c3ccc(OCCCN(CC)CC)cc3)c3ccc2[nH]3)cc1. The Balaban J connectivity index is 1.13. The van der Waals surface area contributed by atoms with Gasteiger partial charge in [0, 0.05) is 79.6 Å². The van der Waals surface area contributed by atoms with Crippen molar-refractivity contribution in [2.24, 2.45) is 0 Å². The number of benzene rings is 4. The Kier molecular flexibility index (Phi) is 24.0. The van der Waals surface area contributed by atoms with Gasteiger partial charge in [0.25, 0.3) is 0 Å². The molecule has 4 aromatic carbocycles. The summed E-state index contributed by atoms with van der Waals surface area (Å²) in [6.07, 6.45) is 18.3. The predicted molar refractivity (Wildman–Crippen MR) is 352 cm³/mol. The van der Waals surface area contributed by atoms with E-state index < -0.39 is 0 Å². The Labute approximate surface area is 507 Å². The van der Waals surface area contributed by atoms with Gasteiger partial charge in [-0.1, -0.05) is 161 Å². The maximum atomic E-state index is 6.39. The molecule has 9 rings (SSSR count). The molecular weight excluding hydrogens is 1050 g/mol. The van der Waals surface area contributed by atoms with Gasteiger partial charge in [-0.2, -0.15) is 0 Å². The second kappa shape index (κ2) is 32.8. The molecule has 1 aliphatic rings. The number of aromatic amines is 4. The fourth-order valence-electron chi connectivity index (χ4n) is 11.8. The monoisotopic (exact) mass is 1140 g/mol. The van der Waals surface area contributed by atoms with E-state index in [-0.39, 0.29) is 0 Å². The molecule has 8 aromatic rings. The van der Waals surface area contributed by atoms with Gasteiger partial charge in [0.15, 0.2) is 0 Å². The van der Waals surface area contributed by atoms with Gasteiger partial charge in [-0.05, 0) is 171 Å². The van der Waals surface area contributed by atoms with Crippen LogP contribution in [0, 0.1) is 0 Å². The summed E-state index contributed by atoms with van der Waals surface area (Å²) in [6.45, 7) is 22.4. The van der Waals surface area contributed by atoms with Crippen LogP contribution in [0.2, 0.25) is 0 Å². The van der Waals surface area contributed by atoms with Crippen LogP contribution in [0.3, 0.4) is 0 Å². The molecule has 5 heterocycles. The van der Waals surface area contributed by atoms with E-state index in [4.69, 9.17) is 18.9 Å². The molecule has 450 valence electrons. The van der Waals surface area contributed by atoms with Gasteiger partial charge in [-0.3, -0.25) is 0 Å². The fraction of sp³-hybridized carbons (Fsp3) is 0.413.